The minimum atomic E-state index is -0.591. The van der Waals surface area contributed by atoms with Crippen molar-refractivity contribution in [2.75, 3.05) is 6.61 Å². The Balaban J connectivity index is 1.75. The van der Waals surface area contributed by atoms with E-state index in [1.165, 1.54) is 12.1 Å². The van der Waals surface area contributed by atoms with Crippen LogP contribution in [0.25, 0.3) is 11.0 Å². The van der Waals surface area contributed by atoms with Crippen LogP contribution in [-0.4, -0.2) is 12.6 Å². The highest BCUT2D eigenvalue weighted by atomic mass is 35.5. The van der Waals surface area contributed by atoms with Gasteiger partial charge in [0.25, 0.3) is 0 Å². The van der Waals surface area contributed by atoms with Gasteiger partial charge in [0.2, 0.25) is 0 Å². The molecular weight excluding hydrogens is 356 g/mol. The number of carbonyl (C=O) groups is 1. The maximum atomic E-state index is 12.0. The molecular formula is C20H17ClO5. The van der Waals surface area contributed by atoms with E-state index in [9.17, 15) is 9.59 Å². The first-order valence-corrected chi connectivity index (χ1v) is 8.47. The molecule has 0 unspecified atom stereocenters. The molecule has 0 bridgehead atoms. The van der Waals surface area contributed by atoms with Crippen molar-refractivity contribution >= 4 is 28.5 Å². The number of ether oxygens (including phenoxy) is 2. The number of hydrogen-bond donors (Lipinski definition) is 0. The van der Waals surface area contributed by atoms with Crippen molar-refractivity contribution in [2.45, 2.75) is 19.8 Å². The average Bonchev–Trinajstić information content (AvgIpc) is 2.60. The van der Waals surface area contributed by atoms with E-state index >= 15 is 0 Å². The van der Waals surface area contributed by atoms with Gasteiger partial charge in [0, 0.05) is 17.5 Å². The fourth-order valence-corrected chi connectivity index (χ4v) is 2.76. The molecule has 0 saturated carbocycles. The van der Waals surface area contributed by atoms with Crippen LogP contribution in [0.3, 0.4) is 0 Å². The summed E-state index contributed by atoms with van der Waals surface area (Å²) in [5.41, 5.74) is 0.821. The van der Waals surface area contributed by atoms with Crippen LogP contribution in [0.5, 0.6) is 11.5 Å². The molecule has 1 heterocycles. The van der Waals surface area contributed by atoms with Crippen molar-refractivity contribution < 1.29 is 18.7 Å². The molecule has 6 heteroatoms. The molecule has 0 N–H and O–H groups in total. The minimum Gasteiger partial charge on any atom is -0.480 e. The highest BCUT2D eigenvalue weighted by molar-refractivity contribution is 6.32. The van der Waals surface area contributed by atoms with E-state index in [1.807, 2.05) is 13.8 Å². The molecule has 134 valence electrons. The van der Waals surface area contributed by atoms with Gasteiger partial charge in [-0.15, -0.1) is 0 Å². The second kappa shape index (κ2) is 7.62. The Kier molecular flexibility index (Phi) is 5.28. The molecule has 1 aromatic heterocycles. The number of hydrogen-bond acceptors (Lipinski definition) is 5. The van der Waals surface area contributed by atoms with E-state index in [2.05, 4.69) is 0 Å². The predicted octanol–water partition coefficient (Wildman–Crippen LogP) is 4.55. The van der Waals surface area contributed by atoms with Crippen LogP contribution in [-0.2, 0) is 4.79 Å². The number of esters is 1. The molecule has 0 aliphatic rings. The lowest BCUT2D eigenvalue weighted by Crippen LogP contribution is -2.17. The van der Waals surface area contributed by atoms with E-state index in [4.69, 9.17) is 25.5 Å². The summed E-state index contributed by atoms with van der Waals surface area (Å²) < 4.78 is 15.8. The summed E-state index contributed by atoms with van der Waals surface area (Å²) in [5.74, 6) is 0.247. The molecule has 0 amide bonds. The Morgan fingerprint density at radius 2 is 1.92 bits per heavy atom. The lowest BCUT2D eigenvalue weighted by Gasteiger charge is -2.10. The van der Waals surface area contributed by atoms with Gasteiger partial charge in [0.1, 0.15) is 17.1 Å². The Morgan fingerprint density at radius 3 is 2.65 bits per heavy atom. The van der Waals surface area contributed by atoms with Gasteiger partial charge in [0.15, 0.2) is 6.61 Å². The lowest BCUT2D eigenvalue weighted by molar-refractivity contribution is -0.136. The van der Waals surface area contributed by atoms with Crippen LogP contribution in [0.15, 0.2) is 57.7 Å². The van der Waals surface area contributed by atoms with E-state index in [1.54, 1.807) is 36.4 Å². The molecule has 3 rings (SSSR count). The number of benzene rings is 2. The van der Waals surface area contributed by atoms with Crippen LogP contribution < -0.4 is 15.1 Å². The maximum absolute atomic E-state index is 12.0. The molecule has 0 saturated heterocycles. The largest absolute Gasteiger partial charge is 0.480 e. The maximum Gasteiger partial charge on any atom is 0.349 e. The second-order valence-corrected chi connectivity index (χ2v) is 6.43. The minimum absolute atomic E-state index is 0.166. The Morgan fingerprint density at radius 1 is 1.15 bits per heavy atom. The van der Waals surface area contributed by atoms with Crippen molar-refractivity contribution in [3.8, 4) is 11.5 Å². The molecule has 0 radical (unpaired) electrons. The number of carbonyl (C=O) groups excluding carboxylic acids is 1. The van der Waals surface area contributed by atoms with E-state index < -0.39 is 11.6 Å². The predicted molar refractivity (Wildman–Crippen MR) is 99.2 cm³/mol. The summed E-state index contributed by atoms with van der Waals surface area (Å²) >= 11 is 5.97. The first-order chi connectivity index (χ1) is 12.4. The smallest absolute Gasteiger partial charge is 0.349 e. The van der Waals surface area contributed by atoms with Crippen LogP contribution in [0.2, 0.25) is 5.02 Å². The number of para-hydroxylation sites is 1. The molecule has 0 aliphatic heterocycles. The zero-order chi connectivity index (χ0) is 18.7. The van der Waals surface area contributed by atoms with Gasteiger partial charge < -0.3 is 13.9 Å². The SMILES string of the molecule is CC(C)c1cc(=O)oc2cc(OC(=O)COc3ccccc3Cl)ccc12. The second-order valence-electron chi connectivity index (χ2n) is 6.03. The van der Waals surface area contributed by atoms with E-state index in [0.717, 1.165) is 10.9 Å². The third kappa shape index (κ3) is 4.06. The van der Waals surface area contributed by atoms with Crippen molar-refractivity contribution in [3.05, 3.63) is 69.5 Å². The third-order valence-electron chi connectivity index (χ3n) is 3.78. The van der Waals surface area contributed by atoms with Gasteiger partial charge in [0.05, 0.1) is 5.02 Å². The molecule has 0 fully saturated rings. The average molecular weight is 373 g/mol. The van der Waals surface area contributed by atoms with Gasteiger partial charge >= 0.3 is 11.6 Å². The van der Waals surface area contributed by atoms with Crippen LogP contribution >= 0.6 is 11.6 Å². The Bertz CT molecular complexity index is 1010. The summed E-state index contributed by atoms with van der Waals surface area (Å²) in [6, 6.07) is 13.3. The molecule has 0 spiro atoms. The number of fused-ring (bicyclic) bond motifs is 1. The van der Waals surface area contributed by atoms with Crippen molar-refractivity contribution in [3.63, 3.8) is 0 Å². The summed E-state index contributed by atoms with van der Waals surface area (Å²) in [6.45, 7) is 3.69. The zero-order valence-electron chi connectivity index (χ0n) is 14.3. The van der Waals surface area contributed by atoms with Gasteiger partial charge in [-0.3, -0.25) is 0 Å². The lowest BCUT2D eigenvalue weighted by atomic mass is 10.00. The molecule has 3 aromatic rings. The van der Waals surface area contributed by atoms with Crippen LogP contribution in [0.4, 0.5) is 0 Å². The third-order valence-corrected chi connectivity index (χ3v) is 4.10. The van der Waals surface area contributed by atoms with Crippen LogP contribution in [0.1, 0.15) is 25.3 Å². The summed E-state index contributed by atoms with van der Waals surface area (Å²) in [7, 11) is 0. The molecule has 26 heavy (non-hydrogen) atoms. The van der Waals surface area contributed by atoms with Crippen molar-refractivity contribution in [1.82, 2.24) is 0 Å². The van der Waals surface area contributed by atoms with Gasteiger partial charge in [-0.2, -0.15) is 0 Å². The normalized spacial score (nSPS) is 10.9. The summed E-state index contributed by atoms with van der Waals surface area (Å²) in [4.78, 5) is 23.7. The monoisotopic (exact) mass is 372 g/mol. The molecule has 5 nitrogen and oxygen atoms in total. The summed E-state index contributed by atoms with van der Waals surface area (Å²) in [5, 5.41) is 1.22. The first kappa shape index (κ1) is 18.0. The van der Waals surface area contributed by atoms with Gasteiger partial charge in [-0.25, -0.2) is 9.59 Å². The quantitative estimate of drug-likeness (QED) is 0.373. The topological polar surface area (TPSA) is 65.7 Å². The highest BCUT2D eigenvalue weighted by Gasteiger charge is 2.12. The zero-order valence-corrected chi connectivity index (χ0v) is 15.1. The Labute approximate surface area is 155 Å². The van der Waals surface area contributed by atoms with Crippen LogP contribution in [0, 0.1) is 0 Å². The highest BCUT2D eigenvalue weighted by Crippen LogP contribution is 2.27. The van der Waals surface area contributed by atoms with E-state index in [-0.39, 0.29) is 18.3 Å². The standard InChI is InChI=1S/C20H17ClO5/c1-12(2)15-10-19(22)26-18-9-13(7-8-14(15)18)25-20(23)11-24-17-6-4-3-5-16(17)21/h3-10,12H,11H2,1-2H3. The van der Waals surface area contributed by atoms with E-state index in [0.29, 0.717) is 16.4 Å². The summed E-state index contributed by atoms with van der Waals surface area (Å²) in [6.07, 6.45) is 0. The number of rotatable bonds is 5. The first-order valence-electron chi connectivity index (χ1n) is 8.10. The van der Waals surface area contributed by atoms with Gasteiger partial charge in [-0.05, 0) is 35.7 Å². The number of halogens is 1. The fraction of sp³-hybridized carbons (Fsp3) is 0.200. The van der Waals surface area contributed by atoms with Crippen molar-refractivity contribution in [2.24, 2.45) is 0 Å². The molecule has 2 aromatic carbocycles. The fourth-order valence-electron chi connectivity index (χ4n) is 2.57. The van der Waals surface area contributed by atoms with Crippen molar-refractivity contribution in [1.29, 1.82) is 0 Å². The molecule has 0 atom stereocenters. The molecule has 0 aliphatic carbocycles. The van der Waals surface area contributed by atoms with Gasteiger partial charge in [-0.1, -0.05) is 37.6 Å². The Hall–Kier alpha value is -2.79.